The second-order valence-electron chi connectivity index (χ2n) is 6.41. The first-order valence-electron chi connectivity index (χ1n) is 6.97. The standard InChI is InChI=1S/C17H24O3/c1-6-17(5,11-16(3,4)12(2)18)14-9-7-13(8-10-14)15(19)20/h7-10H,6,11H2,1-5H3,(H,19,20). The molecule has 1 atom stereocenters. The molecule has 0 heterocycles. The van der Waals surface area contributed by atoms with Gasteiger partial charge < -0.3 is 5.11 Å². The van der Waals surface area contributed by atoms with E-state index in [1.54, 1.807) is 19.1 Å². The number of Topliss-reactive ketones (excluding diaryl/α,β-unsaturated/α-hetero) is 1. The zero-order chi connectivity index (χ0) is 15.6. The van der Waals surface area contributed by atoms with Crippen LogP contribution in [0, 0.1) is 5.41 Å². The van der Waals surface area contributed by atoms with Crippen molar-refractivity contribution in [2.45, 2.75) is 52.9 Å². The van der Waals surface area contributed by atoms with Crippen LogP contribution >= 0.6 is 0 Å². The highest BCUT2D eigenvalue weighted by atomic mass is 16.4. The SMILES string of the molecule is CCC(C)(CC(C)(C)C(C)=O)c1ccc(C(=O)O)cc1. The number of benzene rings is 1. The van der Waals surface area contributed by atoms with Gasteiger partial charge in [-0.1, -0.05) is 39.8 Å². The third-order valence-electron chi connectivity index (χ3n) is 4.39. The van der Waals surface area contributed by atoms with Gasteiger partial charge in [-0.15, -0.1) is 0 Å². The fourth-order valence-electron chi connectivity index (χ4n) is 2.55. The number of ketones is 1. The molecule has 1 aromatic rings. The van der Waals surface area contributed by atoms with E-state index in [4.69, 9.17) is 5.11 Å². The summed E-state index contributed by atoms with van der Waals surface area (Å²) in [5, 5.41) is 8.95. The summed E-state index contributed by atoms with van der Waals surface area (Å²) in [6, 6.07) is 6.99. The first kappa shape index (κ1) is 16.4. The monoisotopic (exact) mass is 276 g/mol. The molecule has 3 nitrogen and oxygen atoms in total. The van der Waals surface area contributed by atoms with Gasteiger partial charge in [-0.25, -0.2) is 4.79 Å². The highest BCUT2D eigenvalue weighted by Gasteiger charge is 2.35. The molecule has 0 saturated carbocycles. The predicted molar refractivity (Wildman–Crippen MR) is 80.1 cm³/mol. The molecule has 0 bridgehead atoms. The van der Waals surface area contributed by atoms with Crippen LogP contribution in [-0.4, -0.2) is 16.9 Å². The van der Waals surface area contributed by atoms with Gasteiger partial charge in [-0.05, 0) is 42.9 Å². The molecule has 1 unspecified atom stereocenters. The van der Waals surface area contributed by atoms with Gasteiger partial charge in [0.25, 0.3) is 0 Å². The summed E-state index contributed by atoms with van der Waals surface area (Å²) in [5.74, 6) is -0.738. The number of carboxylic acid groups (broad SMARTS) is 1. The summed E-state index contributed by atoms with van der Waals surface area (Å²) in [7, 11) is 0. The van der Waals surface area contributed by atoms with E-state index in [1.165, 1.54) is 0 Å². The maximum atomic E-state index is 11.8. The second kappa shape index (κ2) is 5.78. The topological polar surface area (TPSA) is 54.4 Å². The molecular weight excluding hydrogens is 252 g/mol. The third kappa shape index (κ3) is 3.47. The van der Waals surface area contributed by atoms with Crippen molar-refractivity contribution in [2.75, 3.05) is 0 Å². The Balaban J connectivity index is 3.10. The molecule has 1 aromatic carbocycles. The Morgan fingerprint density at radius 3 is 1.95 bits per heavy atom. The fourth-order valence-corrected chi connectivity index (χ4v) is 2.55. The van der Waals surface area contributed by atoms with Crippen molar-refractivity contribution in [3.05, 3.63) is 35.4 Å². The first-order chi connectivity index (χ1) is 9.12. The summed E-state index contributed by atoms with van der Waals surface area (Å²) in [6.07, 6.45) is 1.65. The molecule has 0 aliphatic heterocycles. The quantitative estimate of drug-likeness (QED) is 0.852. The molecule has 0 spiro atoms. The average Bonchev–Trinajstić information content (AvgIpc) is 2.38. The predicted octanol–water partition coefficient (Wildman–Crippen LogP) is 4.06. The highest BCUT2D eigenvalue weighted by Crippen LogP contribution is 2.39. The maximum absolute atomic E-state index is 11.8. The van der Waals surface area contributed by atoms with E-state index in [0.717, 1.165) is 18.4 Å². The van der Waals surface area contributed by atoms with Crippen LogP contribution in [0.1, 0.15) is 63.4 Å². The molecule has 3 heteroatoms. The minimum atomic E-state index is -0.918. The van der Waals surface area contributed by atoms with E-state index in [9.17, 15) is 9.59 Å². The lowest BCUT2D eigenvalue weighted by atomic mass is 9.67. The van der Waals surface area contributed by atoms with Gasteiger partial charge in [0.1, 0.15) is 5.78 Å². The summed E-state index contributed by atoms with van der Waals surface area (Å²) in [5.41, 5.74) is 0.861. The molecule has 20 heavy (non-hydrogen) atoms. The van der Waals surface area contributed by atoms with Crippen molar-refractivity contribution >= 4 is 11.8 Å². The van der Waals surface area contributed by atoms with Crippen molar-refractivity contribution in [3.63, 3.8) is 0 Å². The van der Waals surface area contributed by atoms with Crippen LogP contribution in [0.25, 0.3) is 0 Å². The van der Waals surface area contributed by atoms with E-state index in [-0.39, 0.29) is 22.2 Å². The Morgan fingerprint density at radius 2 is 1.60 bits per heavy atom. The number of carbonyl (C=O) groups excluding carboxylic acids is 1. The van der Waals surface area contributed by atoms with E-state index < -0.39 is 5.97 Å². The van der Waals surface area contributed by atoms with Gasteiger partial charge in [0.05, 0.1) is 5.56 Å². The van der Waals surface area contributed by atoms with Gasteiger partial charge in [0.15, 0.2) is 0 Å². The third-order valence-corrected chi connectivity index (χ3v) is 4.39. The molecule has 1 N–H and O–H groups in total. The van der Waals surface area contributed by atoms with Gasteiger partial charge >= 0.3 is 5.97 Å². The second-order valence-corrected chi connectivity index (χ2v) is 6.41. The minimum absolute atomic E-state index is 0.133. The lowest BCUT2D eigenvalue weighted by molar-refractivity contribution is -0.125. The number of hydrogen-bond donors (Lipinski definition) is 1. The number of rotatable bonds is 6. The van der Waals surface area contributed by atoms with Crippen LogP contribution in [-0.2, 0) is 10.2 Å². The van der Waals surface area contributed by atoms with Crippen molar-refractivity contribution < 1.29 is 14.7 Å². The summed E-state index contributed by atoms with van der Waals surface area (Å²) in [4.78, 5) is 22.7. The van der Waals surface area contributed by atoms with Crippen molar-refractivity contribution in [1.29, 1.82) is 0 Å². The normalized spacial score (nSPS) is 14.7. The Kier molecular flexibility index (Phi) is 4.74. The lowest BCUT2D eigenvalue weighted by Crippen LogP contribution is -2.33. The van der Waals surface area contributed by atoms with E-state index >= 15 is 0 Å². The van der Waals surface area contributed by atoms with E-state index in [0.29, 0.717) is 0 Å². The maximum Gasteiger partial charge on any atom is 0.335 e. The van der Waals surface area contributed by atoms with Crippen LogP contribution in [0.3, 0.4) is 0 Å². The van der Waals surface area contributed by atoms with Crippen LogP contribution in [0.5, 0.6) is 0 Å². The fraction of sp³-hybridized carbons (Fsp3) is 0.529. The number of aromatic carboxylic acids is 1. The summed E-state index contributed by atoms with van der Waals surface area (Å²) in [6.45, 7) is 9.79. The van der Waals surface area contributed by atoms with Gasteiger partial charge in [-0.3, -0.25) is 4.79 Å². The van der Waals surface area contributed by atoms with Crippen LogP contribution in [0.15, 0.2) is 24.3 Å². The highest BCUT2D eigenvalue weighted by molar-refractivity contribution is 5.87. The Hall–Kier alpha value is -1.64. The summed E-state index contributed by atoms with van der Waals surface area (Å²) < 4.78 is 0. The smallest absolute Gasteiger partial charge is 0.335 e. The molecular formula is C17H24O3. The van der Waals surface area contributed by atoms with Crippen LogP contribution in [0.2, 0.25) is 0 Å². The molecule has 0 fully saturated rings. The van der Waals surface area contributed by atoms with Crippen LogP contribution < -0.4 is 0 Å². The van der Waals surface area contributed by atoms with Crippen molar-refractivity contribution in [1.82, 2.24) is 0 Å². The number of hydrogen-bond acceptors (Lipinski definition) is 2. The molecule has 0 aliphatic rings. The van der Waals surface area contributed by atoms with Gasteiger partial charge in [-0.2, -0.15) is 0 Å². The van der Waals surface area contributed by atoms with E-state index in [2.05, 4.69) is 13.8 Å². The number of carbonyl (C=O) groups is 2. The number of carboxylic acids is 1. The summed E-state index contributed by atoms with van der Waals surface area (Å²) >= 11 is 0. The first-order valence-corrected chi connectivity index (χ1v) is 6.97. The largest absolute Gasteiger partial charge is 0.478 e. The molecule has 0 radical (unpaired) electrons. The van der Waals surface area contributed by atoms with Crippen LogP contribution in [0.4, 0.5) is 0 Å². The Labute approximate surface area is 121 Å². The average molecular weight is 276 g/mol. The minimum Gasteiger partial charge on any atom is -0.478 e. The molecule has 0 aliphatic carbocycles. The van der Waals surface area contributed by atoms with Gasteiger partial charge in [0.2, 0.25) is 0 Å². The van der Waals surface area contributed by atoms with Gasteiger partial charge in [0, 0.05) is 5.41 Å². The lowest BCUT2D eigenvalue weighted by Gasteiger charge is -2.36. The zero-order valence-corrected chi connectivity index (χ0v) is 13.0. The van der Waals surface area contributed by atoms with E-state index in [1.807, 2.05) is 26.0 Å². The molecule has 1 rings (SSSR count). The van der Waals surface area contributed by atoms with Crippen molar-refractivity contribution in [3.8, 4) is 0 Å². The molecule has 0 amide bonds. The Bertz CT molecular complexity index is 499. The zero-order valence-electron chi connectivity index (χ0n) is 13.0. The molecule has 110 valence electrons. The Morgan fingerprint density at radius 1 is 1.10 bits per heavy atom. The molecule has 0 saturated heterocycles. The molecule has 0 aromatic heterocycles. The van der Waals surface area contributed by atoms with Crippen molar-refractivity contribution in [2.24, 2.45) is 5.41 Å².